The summed E-state index contributed by atoms with van der Waals surface area (Å²) in [5, 5.41) is 12.2. The smallest absolute Gasteiger partial charge is 0.237 e. The minimum absolute atomic E-state index is 0.117. The number of carbonyl (C=O) groups excluding carboxylic acids is 1. The van der Waals surface area contributed by atoms with Crippen LogP contribution in [0.2, 0.25) is 0 Å². The van der Waals surface area contributed by atoms with E-state index >= 15 is 0 Å². The molecule has 31 heavy (non-hydrogen) atoms. The number of para-hydroxylation sites is 2. The number of hydrogen-bond acceptors (Lipinski definition) is 8. The van der Waals surface area contributed by atoms with E-state index in [9.17, 15) is 4.79 Å². The molecule has 168 valence electrons. The molecule has 0 bridgehead atoms. The maximum Gasteiger partial charge on any atom is 0.237 e. The Bertz CT molecular complexity index is 880. The predicted octanol–water partition coefficient (Wildman–Crippen LogP) is 2.42. The summed E-state index contributed by atoms with van der Waals surface area (Å²) in [7, 11) is 1.59. The number of thioether (sulfide) groups is 1. The summed E-state index contributed by atoms with van der Waals surface area (Å²) >= 11 is 1.40. The minimum Gasteiger partial charge on any atom is -0.495 e. The van der Waals surface area contributed by atoms with Gasteiger partial charge < -0.3 is 24.4 Å². The molecule has 2 aliphatic heterocycles. The maximum absolute atomic E-state index is 12.9. The Balaban J connectivity index is 1.49. The van der Waals surface area contributed by atoms with Gasteiger partial charge in [-0.1, -0.05) is 23.9 Å². The van der Waals surface area contributed by atoms with E-state index in [1.54, 1.807) is 7.11 Å². The number of morpholine rings is 1. The molecule has 2 aliphatic rings. The zero-order valence-corrected chi connectivity index (χ0v) is 18.8. The van der Waals surface area contributed by atoms with E-state index in [2.05, 4.69) is 25.0 Å². The topological polar surface area (TPSA) is 90.7 Å². The Morgan fingerprint density at radius 1 is 1.29 bits per heavy atom. The number of benzene rings is 1. The van der Waals surface area contributed by atoms with Crippen LogP contribution in [0.25, 0.3) is 0 Å². The van der Waals surface area contributed by atoms with Gasteiger partial charge in [0.15, 0.2) is 5.16 Å². The van der Waals surface area contributed by atoms with Crippen LogP contribution in [0.4, 0.5) is 11.6 Å². The molecule has 1 aromatic carbocycles. The van der Waals surface area contributed by atoms with Crippen LogP contribution in [0, 0.1) is 0 Å². The molecule has 2 saturated heterocycles. The van der Waals surface area contributed by atoms with Crippen LogP contribution >= 0.6 is 11.8 Å². The van der Waals surface area contributed by atoms with Crippen LogP contribution in [-0.2, 0) is 20.8 Å². The normalized spacial score (nSPS) is 19.9. The quantitative estimate of drug-likeness (QED) is 0.617. The second-order valence-corrected chi connectivity index (χ2v) is 8.89. The zero-order valence-electron chi connectivity index (χ0n) is 18.0. The fraction of sp³-hybridized carbons (Fsp3) is 0.571. The molecule has 0 radical (unpaired) electrons. The Morgan fingerprint density at radius 2 is 2.10 bits per heavy atom. The highest BCUT2D eigenvalue weighted by Crippen LogP contribution is 2.30. The number of hydrogen-bond donors (Lipinski definition) is 1. The monoisotopic (exact) mass is 447 g/mol. The summed E-state index contributed by atoms with van der Waals surface area (Å²) in [6.07, 6.45) is 2.24. The first-order valence-electron chi connectivity index (χ1n) is 10.6. The molecule has 0 saturated carbocycles. The highest BCUT2D eigenvalue weighted by molar-refractivity contribution is 8.00. The second kappa shape index (κ2) is 10.3. The van der Waals surface area contributed by atoms with Crippen molar-refractivity contribution in [1.82, 2.24) is 14.8 Å². The molecule has 10 heteroatoms. The van der Waals surface area contributed by atoms with E-state index in [0.717, 1.165) is 43.6 Å². The third kappa shape index (κ3) is 5.31. The predicted molar refractivity (Wildman–Crippen MR) is 119 cm³/mol. The molecular formula is C21H29N5O4S. The van der Waals surface area contributed by atoms with Gasteiger partial charge in [-0.2, -0.15) is 0 Å². The van der Waals surface area contributed by atoms with Gasteiger partial charge in [0, 0.05) is 19.7 Å². The first-order valence-corrected chi connectivity index (χ1v) is 11.5. The largest absolute Gasteiger partial charge is 0.495 e. The molecule has 1 N–H and O–H groups in total. The Hall–Kier alpha value is -2.30. The fourth-order valence-electron chi connectivity index (χ4n) is 3.71. The van der Waals surface area contributed by atoms with Crippen molar-refractivity contribution in [2.75, 3.05) is 50.2 Å². The summed E-state index contributed by atoms with van der Waals surface area (Å²) in [5.74, 6) is 1.33. The number of carbonyl (C=O) groups is 1. The van der Waals surface area contributed by atoms with Crippen molar-refractivity contribution in [1.29, 1.82) is 0 Å². The lowest BCUT2D eigenvalue weighted by atomic mass is 10.2. The number of aromatic nitrogens is 3. The van der Waals surface area contributed by atoms with Crippen molar-refractivity contribution in [2.45, 2.75) is 42.8 Å². The lowest BCUT2D eigenvalue weighted by Crippen LogP contribution is -2.38. The molecule has 4 rings (SSSR count). The molecule has 0 spiro atoms. The number of methoxy groups -OCH3 is 1. The van der Waals surface area contributed by atoms with Gasteiger partial charge in [-0.05, 0) is 31.9 Å². The molecule has 2 aromatic rings. The highest BCUT2D eigenvalue weighted by Gasteiger charge is 2.27. The average molecular weight is 448 g/mol. The molecule has 1 aromatic heterocycles. The Labute approximate surface area is 186 Å². The Kier molecular flexibility index (Phi) is 7.31. The van der Waals surface area contributed by atoms with E-state index < -0.39 is 0 Å². The number of ether oxygens (including phenoxy) is 3. The third-order valence-electron chi connectivity index (χ3n) is 5.42. The van der Waals surface area contributed by atoms with Crippen molar-refractivity contribution in [2.24, 2.45) is 0 Å². The first kappa shape index (κ1) is 21.9. The number of anilines is 2. The van der Waals surface area contributed by atoms with E-state index in [-0.39, 0.29) is 17.3 Å². The SMILES string of the molecule is COc1ccccc1NC(=O)C(C)Sc1nnc(N2CCOCC2)n1CC1CCCO1. The molecule has 0 aliphatic carbocycles. The van der Waals surface area contributed by atoms with E-state index in [0.29, 0.717) is 31.2 Å². The number of amides is 1. The van der Waals surface area contributed by atoms with Gasteiger partial charge >= 0.3 is 0 Å². The highest BCUT2D eigenvalue weighted by atomic mass is 32.2. The molecule has 2 unspecified atom stereocenters. The average Bonchev–Trinajstić information content (AvgIpc) is 3.45. The summed E-state index contributed by atoms with van der Waals surface area (Å²) in [6.45, 7) is 6.24. The van der Waals surface area contributed by atoms with Crippen molar-refractivity contribution in [3.8, 4) is 5.75 Å². The van der Waals surface area contributed by atoms with Crippen LogP contribution < -0.4 is 15.0 Å². The summed E-state index contributed by atoms with van der Waals surface area (Å²) in [6, 6.07) is 7.38. The minimum atomic E-state index is -0.366. The van der Waals surface area contributed by atoms with Gasteiger partial charge in [0.05, 0.1) is 43.9 Å². The van der Waals surface area contributed by atoms with Gasteiger partial charge in [-0.25, -0.2) is 0 Å². The van der Waals surface area contributed by atoms with E-state index in [1.165, 1.54) is 11.8 Å². The van der Waals surface area contributed by atoms with Crippen LogP contribution in [0.15, 0.2) is 29.4 Å². The number of nitrogens with zero attached hydrogens (tertiary/aromatic N) is 4. The van der Waals surface area contributed by atoms with E-state index in [4.69, 9.17) is 14.2 Å². The van der Waals surface area contributed by atoms with Gasteiger partial charge in [-0.3, -0.25) is 9.36 Å². The molecule has 9 nitrogen and oxygen atoms in total. The third-order valence-corrected chi connectivity index (χ3v) is 6.50. The zero-order chi connectivity index (χ0) is 21.6. The van der Waals surface area contributed by atoms with Crippen LogP contribution in [-0.4, -0.2) is 72.0 Å². The lowest BCUT2D eigenvalue weighted by molar-refractivity contribution is -0.115. The molecule has 2 fully saturated rings. The van der Waals surface area contributed by atoms with Crippen molar-refractivity contribution < 1.29 is 19.0 Å². The van der Waals surface area contributed by atoms with Gasteiger partial charge in [-0.15, -0.1) is 10.2 Å². The first-order chi connectivity index (χ1) is 15.2. The second-order valence-electron chi connectivity index (χ2n) is 7.58. The van der Waals surface area contributed by atoms with Gasteiger partial charge in [0.25, 0.3) is 0 Å². The Morgan fingerprint density at radius 3 is 2.84 bits per heavy atom. The van der Waals surface area contributed by atoms with Gasteiger partial charge in [0.1, 0.15) is 5.75 Å². The van der Waals surface area contributed by atoms with Crippen molar-refractivity contribution in [3.63, 3.8) is 0 Å². The summed E-state index contributed by atoms with van der Waals surface area (Å²) in [5.41, 5.74) is 0.650. The van der Waals surface area contributed by atoms with E-state index in [1.807, 2.05) is 31.2 Å². The molecular weight excluding hydrogens is 418 g/mol. The maximum atomic E-state index is 12.9. The van der Waals surface area contributed by atoms with Crippen molar-refractivity contribution in [3.05, 3.63) is 24.3 Å². The number of nitrogens with one attached hydrogen (secondary N) is 1. The lowest BCUT2D eigenvalue weighted by Gasteiger charge is -2.28. The van der Waals surface area contributed by atoms with Crippen molar-refractivity contribution >= 4 is 29.3 Å². The number of rotatable bonds is 8. The summed E-state index contributed by atoms with van der Waals surface area (Å²) < 4.78 is 18.8. The molecule has 2 atom stereocenters. The van der Waals surface area contributed by atoms with Crippen LogP contribution in [0.1, 0.15) is 19.8 Å². The molecule has 3 heterocycles. The summed E-state index contributed by atoms with van der Waals surface area (Å²) in [4.78, 5) is 15.0. The fourth-order valence-corrected chi connectivity index (χ4v) is 4.56. The van der Waals surface area contributed by atoms with Gasteiger partial charge in [0.2, 0.25) is 11.9 Å². The van der Waals surface area contributed by atoms with Crippen LogP contribution in [0.3, 0.4) is 0 Å². The standard InChI is InChI=1S/C21H29N5O4S/c1-15(19(27)22-17-7-3-4-8-18(17)28-2)31-21-24-23-20(25-9-12-29-13-10-25)26(21)14-16-6-5-11-30-16/h3-4,7-8,15-16H,5-6,9-14H2,1-2H3,(H,22,27). The molecule has 1 amide bonds. The van der Waals surface area contributed by atoms with Crippen LogP contribution in [0.5, 0.6) is 5.75 Å².